The third-order valence-corrected chi connectivity index (χ3v) is 5.75. The lowest BCUT2D eigenvalue weighted by Crippen LogP contribution is -2.14. The van der Waals surface area contributed by atoms with Crippen molar-refractivity contribution in [2.24, 2.45) is 0 Å². The molecule has 1 aliphatic rings. The fourth-order valence-electron chi connectivity index (χ4n) is 4.07. The van der Waals surface area contributed by atoms with E-state index in [1.807, 2.05) is 6.07 Å². The smallest absolute Gasteiger partial charge is 0.126 e. The molecule has 2 aromatic rings. The zero-order valence-corrected chi connectivity index (χ0v) is 16.9. The monoisotopic (exact) mass is 368 g/mol. The standard InChI is InChI=1S/C25H33FO/c1-3-5-7-15-27-23-13-12-20-17-22(11-10-21(20)18-23)24-14-9-19(8-6-4-2)16-25(24)26/h9,12-14,16,18,22H,3-8,10-11,15,17H2,1-2H3. The highest BCUT2D eigenvalue weighted by Gasteiger charge is 2.23. The average molecular weight is 369 g/mol. The van der Waals surface area contributed by atoms with Gasteiger partial charge in [-0.3, -0.25) is 0 Å². The molecule has 0 saturated carbocycles. The summed E-state index contributed by atoms with van der Waals surface area (Å²) in [5, 5.41) is 0. The largest absolute Gasteiger partial charge is 0.494 e. The Bertz CT molecular complexity index is 737. The average Bonchev–Trinajstić information content (AvgIpc) is 2.69. The van der Waals surface area contributed by atoms with E-state index in [0.717, 1.165) is 68.4 Å². The molecule has 0 aromatic heterocycles. The fourth-order valence-corrected chi connectivity index (χ4v) is 4.07. The zero-order valence-electron chi connectivity index (χ0n) is 16.9. The zero-order chi connectivity index (χ0) is 19.1. The summed E-state index contributed by atoms with van der Waals surface area (Å²) in [5.74, 6) is 1.25. The van der Waals surface area contributed by atoms with Gasteiger partial charge in [-0.25, -0.2) is 4.39 Å². The van der Waals surface area contributed by atoms with Crippen molar-refractivity contribution in [3.8, 4) is 5.75 Å². The van der Waals surface area contributed by atoms with Crippen LogP contribution in [0, 0.1) is 5.82 Å². The van der Waals surface area contributed by atoms with Crippen LogP contribution in [0.15, 0.2) is 36.4 Å². The molecule has 2 aromatic carbocycles. The van der Waals surface area contributed by atoms with Gasteiger partial charge in [0.2, 0.25) is 0 Å². The first-order chi connectivity index (χ1) is 13.2. The molecule has 0 spiro atoms. The summed E-state index contributed by atoms with van der Waals surface area (Å²) < 4.78 is 20.6. The van der Waals surface area contributed by atoms with Crippen LogP contribution in [-0.4, -0.2) is 6.61 Å². The van der Waals surface area contributed by atoms with Gasteiger partial charge in [0.15, 0.2) is 0 Å². The Kier molecular flexibility index (Phi) is 7.32. The van der Waals surface area contributed by atoms with Gasteiger partial charge in [0.05, 0.1) is 6.61 Å². The predicted octanol–water partition coefficient (Wildman–Crippen LogP) is 7.01. The van der Waals surface area contributed by atoms with Crippen LogP contribution in [0.2, 0.25) is 0 Å². The van der Waals surface area contributed by atoms with Crippen LogP contribution in [0.3, 0.4) is 0 Å². The molecule has 0 saturated heterocycles. The topological polar surface area (TPSA) is 9.23 Å². The maximum Gasteiger partial charge on any atom is 0.126 e. The number of rotatable bonds is 9. The third-order valence-electron chi connectivity index (χ3n) is 5.75. The molecular weight excluding hydrogens is 335 g/mol. The van der Waals surface area contributed by atoms with Gasteiger partial charge in [-0.2, -0.15) is 0 Å². The molecule has 0 aliphatic heterocycles. The predicted molar refractivity (Wildman–Crippen MR) is 111 cm³/mol. The van der Waals surface area contributed by atoms with Gasteiger partial charge in [-0.05, 0) is 84.9 Å². The number of fused-ring (bicyclic) bond motifs is 1. The Morgan fingerprint density at radius 3 is 2.59 bits per heavy atom. The summed E-state index contributed by atoms with van der Waals surface area (Å²) in [5.41, 5.74) is 4.74. The summed E-state index contributed by atoms with van der Waals surface area (Å²) in [6.45, 7) is 5.17. The first-order valence-electron chi connectivity index (χ1n) is 10.7. The molecule has 1 unspecified atom stereocenters. The van der Waals surface area contributed by atoms with Gasteiger partial charge in [-0.1, -0.05) is 51.3 Å². The van der Waals surface area contributed by atoms with Gasteiger partial charge in [0.1, 0.15) is 11.6 Å². The van der Waals surface area contributed by atoms with Crippen LogP contribution in [0.1, 0.15) is 80.5 Å². The Balaban J connectivity index is 1.64. The molecule has 3 rings (SSSR count). The van der Waals surface area contributed by atoms with Gasteiger partial charge in [-0.15, -0.1) is 0 Å². The molecule has 2 heteroatoms. The molecule has 0 bridgehead atoms. The van der Waals surface area contributed by atoms with Gasteiger partial charge < -0.3 is 4.74 Å². The molecule has 0 N–H and O–H groups in total. The second kappa shape index (κ2) is 9.92. The maximum atomic E-state index is 14.7. The molecule has 1 aliphatic carbocycles. The minimum absolute atomic E-state index is 0.0204. The summed E-state index contributed by atoms with van der Waals surface area (Å²) in [6, 6.07) is 12.4. The second-order valence-electron chi connectivity index (χ2n) is 7.89. The number of unbranched alkanes of at least 4 members (excludes halogenated alkanes) is 3. The lowest BCUT2D eigenvalue weighted by molar-refractivity contribution is 0.305. The van der Waals surface area contributed by atoms with E-state index in [2.05, 4.69) is 38.1 Å². The highest BCUT2D eigenvalue weighted by molar-refractivity contribution is 5.40. The van der Waals surface area contributed by atoms with E-state index in [-0.39, 0.29) is 11.7 Å². The Labute approximate surface area is 164 Å². The van der Waals surface area contributed by atoms with Crippen molar-refractivity contribution in [2.45, 2.75) is 77.6 Å². The maximum absolute atomic E-state index is 14.7. The second-order valence-corrected chi connectivity index (χ2v) is 7.89. The Morgan fingerprint density at radius 2 is 1.81 bits per heavy atom. The Hall–Kier alpha value is -1.83. The molecule has 146 valence electrons. The molecule has 0 heterocycles. The molecule has 1 nitrogen and oxygen atoms in total. The van der Waals surface area contributed by atoms with Crippen molar-refractivity contribution in [1.82, 2.24) is 0 Å². The molecular formula is C25H33FO. The number of ether oxygens (including phenoxy) is 1. The van der Waals surface area contributed by atoms with E-state index in [4.69, 9.17) is 4.74 Å². The number of benzene rings is 2. The van der Waals surface area contributed by atoms with E-state index in [1.165, 1.54) is 24.0 Å². The van der Waals surface area contributed by atoms with Crippen LogP contribution in [0.4, 0.5) is 4.39 Å². The quantitative estimate of drug-likeness (QED) is 0.433. The lowest BCUT2D eigenvalue weighted by atomic mass is 9.79. The minimum atomic E-state index is -0.0204. The van der Waals surface area contributed by atoms with E-state index in [9.17, 15) is 4.39 Å². The summed E-state index contributed by atoms with van der Waals surface area (Å²) in [7, 11) is 0. The van der Waals surface area contributed by atoms with Crippen molar-refractivity contribution < 1.29 is 9.13 Å². The SMILES string of the molecule is CCCCCOc1ccc2c(c1)CCC(c1ccc(CCCC)cc1F)C2. The number of aryl methyl sites for hydroxylation is 2. The first-order valence-corrected chi connectivity index (χ1v) is 10.7. The molecule has 27 heavy (non-hydrogen) atoms. The first kappa shape index (κ1) is 19.9. The molecule has 0 radical (unpaired) electrons. The van der Waals surface area contributed by atoms with Crippen LogP contribution in [0.25, 0.3) is 0 Å². The van der Waals surface area contributed by atoms with Gasteiger partial charge in [0, 0.05) is 0 Å². The summed E-state index contributed by atoms with van der Waals surface area (Å²) in [4.78, 5) is 0. The van der Waals surface area contributed by atoms with Crippen molar-refractivity contribution >= 4 is 0 Å². The van der Waals surface area contributed by atoms with Crippen molar-refractivity contribution in [3.05, 3.63) is 64.5 Å². The summed E-state index contributed by atoms with van der Waals surface area (Å²) >= 11 is 0. The van der Waals surface area contributed by atoms with E-state index in [1.54, 1.807) is 6.07 Å². The number of halogens is 1. The minimum Gasteiger partial charge on any atom is -0.494 e. The summed E-state index contributed by atoms with van der Waals surface area (Å²) in [6.07, 6.45) is 9.73. The van der Waals surface area contributed by atoms with E-state index < -0.39 is 0 Å². The van der Waals surface area contributed by atoms with Crippen LogP contribution < -0.4 is 4.74 Å². The Morgan fingerprint density at radius 1 is 0.963 bits per heavy atom. The van der Waals surface area contributed by atoms with Crippen molar-refractivity contribution in [1.29, 1.82) is 0 Å². The van der Waals surface area contributed by atoms with Gasteiger partial charge in [0.25, 0.3) is 0 Å². The molecule has 1 atom stereocenters. The van der Waals surface area contributed by atoms with E-state index in [0.29, 0.717) is 0 Å². The fraction of sp³-hybridized carbons (Fsp3) is 0.520. The van der Waals surface area contributed by atoms with Crippen LogP contribution >= 0.6 is 0 Å². The van der Waals surface area contributed by atoms with Gasteiger partial charge >= 0.3 is 0 Å². The highest BCUT2D eigenvalue weighted by atomic mass is 19.1. The normalized spacial score (nSPS) is 16.2. The van der Waals surface area contributed by atoms with E-state index >= 15 is 0 Å². The molecule has 0 fully saturated rings. The van der Waals surface area contributed by atoms with Crippen molar-refractivity contribution in [2.75, 3.05) is 6.61 Å². The van der Waals surface area contributed by atoms with Crippen LogP contribution in [-0.2, 0) is 19.3 Å². The third kappa shape index (κ3) is 5.34. The van der Waals surface area contributed by atoms with Crippen molar-refractivity contribution in [3.63, 3.8) is 0 Å². The van der Waals surface area contributed by atoms with Crippen LogP contribution in [0.5, 0.6) is 5.75 Å². The lowest BCUT2D eigenvalue weighted by Gasteiger charge is -2.26. The number of hydrogen-bond donors (Lipinski definition) is 0. The highest BCUT2D eigenvalue weighted by Crippen LogP contribution is 2.35. The number of hydrogen-bond acceptors (Lipinski definition) is 1. The molecule has 0 amide bonds.